The number of piperazine rings is 1. The normalized spacial score (nSPS) is 14.2. The smallest absolute Gasteiger partial charge is 0.270 e. The van der Waals surface area contributed by atoms with Crippen LogP contribution in [0.25, 0.3) is 11.0 Å². The van der Waals surface area contributed by atoms with Crippen molar-refractivity contribution >= 4 is 22.6 Å². The van der Waals surface area contributed by atoms with Gasteiger partial charge in [0.2, 0.25) is 5.91 Å². The number of H-pyrrole nitrogens is 1. The minimum absolute atomic E-state index is 0.0636. The van der Waals surface area contributed by atoms with Crippen molar-refractivity contribution in [3.63, 3.8) is 0 Å². The highest BCUT2D eigenvalue weighted by Gasteiger charge is 2.21. The van der Waals surface area contributed by atoms with Crippen LogP contribution in [0.2, 0.25) is 0 Å². The highest BCUT2D eigenvalue weighted by molar-refractivity contribution is 5.77. The Morgan fingerprint density at radius 2 is 1.79 bits per heavy atom. The zero-order chi connectivity index (χ0) is 20.2. The van der Waals surface area contributed by atoms with E-state index in [-0.39, 0.29) is 17.9 Å². The van der Waals surface area contributed by atoms with E-state index in [4.69, 9.17) is 4.74 Å². The largest absolute Gasteiger partial charge is 0.497 e. The summed E-state index contributed by atoms with van der Waals surface area (Å²) in [5, 5.41) is 0. The predicted molar refractivity (Wildman–Crippen MR) is 112 cm³/mol. The number of hydrogen-bond donors (Lipinski definition) is 1. The second-order valence-electron chi connectivity index (χ2n) is 7.10. The van der Waals surface area contributed by atoms with E-state index in [9.17, 15) is 9.59 Å². The minimum Gasteiger partial charge on any atom is -0.497 e. The summed E-state index contributed by atoms with van der Waals surface area (Å²) in [6, 6.07) is 15.4. The number of fused-ring (bicyclic) bond motifs is 1. The number of aryl methyl sites for hydroxylation is 1. The molecule has 29 heavy (non-hydrogen) atoms. The maximum atomic E-state index is 12.6. The number of aromatic nitrogens is 2. The number of nitrogens with one attached hydrogen (secondary N) is 1. The summed E-state index contributed by atoms with van der Waals surface area (Å²) in [5.41, 5.74) is 2.77. The van der Waals surface area contributed by atoms with Gasteiger partial charge < -0.3 is 19.5 Å². The molecular weight excluding hydrogens is 368 g/mol. The van der Waals surface area contributed by atoms with Gasteiger partial charge in [-0.1, -0.05) is 12.1 Å². The van der Waals surface area contributed by atoms with E-state index in [1.54, 1.807) is 7.11 Å². The topological polar surface area (TPSA) is 78.5 Å². The van der Waals surface area contributed by atoms with Gasteiger partial charge in [-0.15, -0.1) is 0 Å². The van der Waals surface area contributed by atoms with Crippen LogP contribution in [0.5, 0.6) is 5.75 Å². The molecule has 4 rings (SSSR count). The molecule has 1 aliphatic rings. The van der Waals surface area contributed by atoms with Crippen molar-refractivity contribution in [3.05, 3.63) is 64.6 Å². The Morgan fingerprint density at radius 1 is 1.07 bits per heavy atom. The molecular formula is C22H24N4O3. The summed E-state index contributed by atoms with van der Waals surface area (Å²) in [4.78, 5) is 36.2. The zero-order valence-electron chi connectivity index (χ0n) is 16.4. The summed E-state index contributed by atoms with van der Waals surface area (Å²) in [6.07, 6.45) is 0.634. The molecule has 1 saturated heterocycles. The predicted octanol–water partition coefficient (Wildman–Crippen LogP) is 2.21. The first-order chi connectivity index (χ1) is 14.1. The van der Waals surface area contributed by atoms with Crippen molar-refractivity contribution < 1.29 is 9.53 Å². The molecule has 1 N–H and O–H groups in total. The molecule has 150 valence electrons. The molecule has 0 aliphatic carbocycles. The summed E-state index contributed by atoms with van der Waals surface area (Å²) >= 11 is 0. The molecule has 1 amide bonds. The number of hydrogen-bond acceptors (Lipinski definition) is 5. The van der Waals surface area contributed by atoms with Crippen molar-refractivity contribution in [1.82, 2.24) is 14.9 Å². The van der Waals surface area contributed by atoms with Gasteiger partial charge in [0.1, 0.15) is 11.4 Å². The summed E-state index contributed by atoms with van der Waals surface area (Å²) < 4.78 is 5.20. The number of benzene rings is 2. The fourth-order valence-electron chi connectivity index (χ4n) is 3.63. The van der Waals surface area contributed by atoms with Crippen LogP contribution in [0.4, 0.5) is 5.69 Å². The highest BCUT2D eigenvalue weighted by Crippen LogP contribution is 2.20. The van der Waals surface area contributed by atoms with Crippen molar-refractivity contribution in [2.45, 2.75) is 12.8 Å². The van der Waals surface area contributed by atoms with Gasteiger partial charge in [0, 0.05) is 44.7 Å². The van der Waals surface area contributed by atoms with Crippen LogP contribution < -0.4 is 15.2 Å². The van der Waals surface area contributed by atoms with E-state index in [2.05, 4.69) is 14.9 Å². The van der Waals surface area contributed by atoms with Crippen molar-refractivity contribution in [1.29, 1.82) is 0 Å². The molecule has 0 spiro atoms. The molecule has 7 heteroatoms. The van der Waals surface area contributed by atoms with Gasteiger partial charge >= 0.3 is 0 Å². The van der Waals surface area contributed by atoms with Gasteiger partial charge in [-0.25, -0.2) is 4.98 Å². The average molecular weight is 392 g/mol. The van der Waals surface area contributed by atoms with Crippen LogP contribution in [-0.2, 0) is 11.2 Å². The van der Waals surface area contributed by atoms with Crippen LogP contribution in [0.3, 0.4) is 0 Å². The van der Waals surface area contributed by atoms with E-state index in [1.807, 2.05) is 53.4 Å². The Bertz CT molecular complexity index is 1050. The third-order valence-electron chi connectivity index (χ3n) is 5.32. The number of para-hydroxylation sites is 2. The average Bonchev–Trinajstić information content (AvgIpc) is 2.77. The first-order valence-corrected chi connectivity index (χ1v) is 9.79. The molecule has 2 heterocycles. The number of nitrogens with zero attached hydrogens (tertiary/aromatic N) is 3. The van der Waals surface area contributed by atoms with Crippen LogP contribution in [0, 0.1) is 0 Å². The van der Waals surface area contributed by atoms with Crippen molar-refractivity contribution in [3.8, 4) is 5.75 Å². The number of carbonyl (C=O) groups is 1. The van der Waals surface area contributed by atoms with E-state index < -0.39 is 0 Å². The van der Waals surface area contributed by atoms with E-state index in [0.29, 0.717) is 30.7 Å². The molecule has 0 bridgehead atoms. The Balaban J connectivity index is 1.33. The summed E-state index contributed by atoms with van der Waals surface area (Å²) in [5.74, 6) is 0.897. The fourth-order valence-corrected chi connectivity index (χ4v) is 3.63. The molecule has 0 unspecified atom stereocenters. The van der Waals surface area contributed by atoms with Crippen LogP contribution in [-0.4, -0.2) is 54.1 Å². The quantitative estimate of drug-likeness (QED) is 0.720. The minimum atomic E-state index is -0.221. The summed E-state index contributed by atoms with van der Waals surface area (Å²) in [7, 11) is 1.65. The number of carbonyl (C=O) groups excluding carboxylic acids is 1. The number of ether oxygens (including phenoxy) is 1. The Morgan fingerprint density at radius 3 is 2.52 bits per heavy atom. The molecule has 1 aliphatic heterocycles. The third kappa shape index (κ3) is 4.23. The molecule has 0 saturated carbocycles. The molecule has 1 aromatic heterocycles. The standard InChI is InChI=1S/C22H24N4O3/c1-29-17-8-6-16(7-9-17)25-12-14-26(15-13-25)21(27)11-10-20-22(28)24-19-5-3-2-4-18(19)23-20/h2-9H,10-15H2,1H3,(H,24,28). The second kappa shape index (κ2) is 8.34. The van der Waals surface area contributed by atoms with Crippen LogP contribution in [0.1, 0.15) is 12.1 Å². The van der Waals surface area contributed by atoms with Gasteiger partial charge in [0.05, 0.1) is 18.1 Å². The van der Waals surface area contributed by atoms with E-state index >= 15 is 0 Å². The van der Waals surface area contributed by atoms with Gasteiger partial charge in [0.15, 0.2) is 0 Å². The van der Waals surface area contributed by atoms with Gasteiger partial charge in [-0.05, 0) is 36.4 Å². The molecule has 2 aromatic carbocycles. The number of amides is 1. The van der Waals surface area contributed by atoms with E-state index in [1.165, 1.54) is 0 Å². The molecule has 7 nitrogen and oxygen atoms in total. The van der Waals surface area contributed by atoms with Gasteiger partial charge in [0.25, 0.3) is 5.56 Å². The molecule has 3 aromatic rings. The van der Waals surface area contributed by atoms with Crippen molar-refractivity contribution in [2.75, 3.05) is 38.2 Å². The maximum Gasteiger partial charge on any atom is 0.270 e. The summed E-state index contributed by atoms with van der Waals surface area (Å²) in [6.45, 7) is 2.92. The number of rotatable bonds is 5. The first kappa shape index (κ1) is 19.0. The molecule has 0 atom stereocenters. The Labute approximate surface area is 168 Å². The van der Waals surface area contributed by atoms with Crippen LogP contribution in [0.15, 0.2) is 53.3 Å². The number of methoxy groups -OCH3 is 1. The highest BCUT2D eigenvalue weighted by atomic mass is 16.5. The third-order valence-corrected chi connectivity index (χ3v) is 5.32. The van der Waals surface area contributed by atoms with Gasteiger partial charge in [-0.3, -0.25) is 9.59 Å². The lowest BCUT2D eigenvalue weighted by molar-refractivity contribution is -0.131. The Kier molecular flexibility index (Phi) is 5.46. The number of aromatic amines is 1. The SMILES string of the molecule is COc1ccc(N2CCN(C(=O)CCc3nc4ccccc4[nH]c3=O)CC2)cc1. The van der Waals surface area contributed by atoms with Gasteiger partial charge in [-0.2, -0.15) is 0 Å². The number of anilines is 1. The second-order valence-corrected chi connectivity index (χ2v) is 7.10. The molecule has 0 radical (unpaired) electrons. The molecule has 1 fully saturated rings. The van der Waals surface area contributed by atoms with Crippen LogP contribution >= 0.6 is 0 Å². The lowest BCUT2D eigenvalue weighted by Gasteiger charge is -2.36. The zero-order valence-corrected chi connectivity index (χ0v) is 16.4. The first-order valence-electron chi connectivity index (χ1n) is 9.79. The lowest BCUT2D eigenvalue weighted by atomic mass is 10.2. The monoisotopic (exact) mass is 392 g/mol. The maximum absolute atomic E-state index is 12.6. The van der Waals surface area contributed by atoms with E-state index in [0.717, 1.165) is 30.0 Å². The fraction of sp³-hybridized carbons (Fsp3) is 0.318. The Hall–Kier alpha value is -3.35. The van der Waals surface area contributed by atoms with Crippen molar-refractivity contribution in [2.24, 2.45) is 0 Å². The lowest BCUT2D eigenvalue weighted by Crippen LogP contribution is -2.48.